The zero-order chi connectivity index (χ0) is 11.5. The van der Waals surface area contributed by atoms with Crippen molar-refractivity contribution in [3.05, 3.63) is 0 Å². The smallest absolute Gasteiger partial charge is 0.00952 e. The lowest BCUT2D eigenvalue weighted by Gasteiger charge is -2.30. The molecule has 0 aromatic rings. The first kappa shape index (κ1) is 15.0. The SMILES string of the molecule is C1CCC(N2CCCC2)CC1.CC.CC. The molecule has 15 heavy (non-hydrogen) atoms. The molecule has 1 nitrogen and oxygen atoms in total. The van der Waals surface area contributed by atoms with Crippen molar-refractivity contribution in [1.29, 1.82) is 0 Å². The molecule has 0 spiro atoms. The van der Waals surface area contributed by atoms with E-state index >= 15 is 0 Å². The summed E-state index contributed by atoms with van der Waals surface area (Å²) in [6.07, 6.45) is 10.3. The number of rotatable bonds is 1. The highest BCUT2D eigenvalue weighted by Crippen LogP contribution is 2.25. The Morgan fingerprint density at radius 3 is 1.60 bits per heavy atom. The average molecular weight is 213 g/mol. The number of nitrogens with zero attached hydrogens (tertiary/aromatic N) is 1. The van der Waals surface area contributed by atoms with Gasteiger partial charge >= 0.3 is 0 Å². The molecule has 2 rings (SSSR count). The number of likely N-dealkylation sites (tertiary alicyclic amines) is 1. The van der Waals surface area contributed by atoms with E-state index in [1.54, 1.807) is 0 Å². The lowest BCUT2D eigenvalue weighted by molar-refractivity contribution is 0.191. The van der Waals surface area contributed by atoms with Crippen LogP contribution in [0.1, 0.15) is 72.6 Å². The van der Waals surface area contributed by atoms with Gasteiger partial charge in [0.25, 0.3) is 0 Å². The van der Waals surface area contributed by atoms with Gasteiger partial charge in [0.1, 0.15) is 0 Å². The van der Waals surface area contributed by atoms with E-state index in [1.165, 1.54) is 58.0 Å². The van der Waals surface area contributed by atoms with Crippen molar-refractivity contribution < 1.29 is 0 Å². The van der Waals surface area contributed by atoms with Gasteiger partial charge in [-0.15, -0.1) is 0 Å². The number of hydrogen-bond donors (Lipinski definition) is 0. The highest BCUT2D eigenvalue weighted by Gasteiger charge is 2.22. The van der Waals surface area contributed by atoms with E-state index in [4.69, 9.17) is 0 Å². The Hall–Kier alpha value is -0.0400. The van der Waals surface area contributed by atoms with Gasteiger partial charge in [-0.1, -0.05) is 47.0 Å². The third-order valence-corrected chi connectivity index (χ3v) is 3.23. The Balaban J connectivity index is 0.000000442. The molecule has 0 atom stereocenters. The monoisotopic (exact) mass is 213 g/mol. The molecule has 0 amide bonds. The summed E-state index contributed by atoms with van der Waals surface area (Å²) in [6.45, 7) is 10.8. The van der Waals surface area contributed by atoms with Crippen molar-refractivity contribution in [2.45, 2.75) is 78.7 Å². The maximum atomic E-state index is 2.72. The molecular weight excluding hydrogens is 182 g/mol. The van der Waals surface area contributed by atoms with Crippen LogP contribution in [0.15, 0.2) is 0 Å². The Morgan fingerprint density at radius 1 is 0.667 bits per heavy atom. The molecule has 0 N–H and O–H groups in total. The predicted octanol–water partition coefficient (Wildman–Crippen LogP) is 4.47. The molecule has 2 fully saturated rings. The van der Waals surface area contributed by atoms with Crippen LogP contribution in [0.25, 0.3) is 0 Å². The molecular formula is C14H31N. The van der Waals surface area contributed by atoms with Crippen molar-refractivity contribution in [2.75, 3.05) is 13.1 Å². The minimum Gasteiger partial charge on any atom is -0.300 e. The first-order valence-electron chi connectivity index (χ1n) is 7.21. The topological polar surface area (TPSA) is 3.24 Å². The summed E-state index contributed by atoms with van der Waals surface area (Å²) in [6, 6.07) is 0.978. The van der Waals surface area contributed by atoms with Crippen molar-refractivity contribution in [3.8, 4) is 0 Å². The predicted molar refractivity (Wildman–Crippen MR) is 70.4 cm³/mol. The van der Waals surface area contributed by atoms with Crippen LogP contribution in [0.3, 0.4) is 0 Å². The van der Waals surface area contributed by atoms with Gasteiger partial charge in [-0.05, 0) is 38.8 Å². The fourth-order valence-electron chi connectivity index (χ4n) is 2.55. The standard InChI is InChI=1S/C10H19N.2C2H6/c1-2-6-10(7-3-1)11-8-4-5-9-11;2*1-2/h10H,1-9H2;2*1-2H3. The van der Waals surface area contributed by atoms with Crippen molar-refractivity contribution >= 4 is 0 Å². The lowest BCUT2D eigenvalue weighted by Crippen LogP contribution is -2.34. The molecule has 2 aliphatic rings. The Kier molecular flexibility index (Phi) is 10.4. The Morgan fingerprint density at radius 2 is 1.13 bits per heavy atom. The molecule has 1 saturated carbocycles. The van der Waals surface area contributed by atoms with Crippen molar-refractivity contribution in [1.82, 2.24) is 4.90 Å². The van der Waals surface area contributed by atoms with Gasteiger partial charge in [0.05, 0.1) is 0 Å². The van der Waals surface area contributed by atoms with Crippen LogP contribution < -0.4 is 0 Å². The summed E-state index contributed by atoms with van der Waals surface area (Å²) in [5, 5.41) is 0. The van der Waals surface area contributed by atoms with E-state index in [2.05, 4.69) is 4.90 Å². The normalized spacial score (nSPS) is 22.4. The molecule has 1 saturated heterocycles. The second-order valence-corrected chi connectivity index (χ2v) is 4.03. The zero-order valence-corrected chi connectivity index (χ0v) is 11.4. The van der Waals surface area contributed by atoms with Crippen LogP contribution in [0, 0.1) is 0 Å². The molecule has 1 aliphatic heterocycles. The van der Waals surface area contributed by atoms with Crippen molar-refractivity contribution in [3.63, 3.8) is 0 Å². The molecule has 92 valence electrons. The average Bonchev–Trinajstić information content (AvgIpc) is 2.89. The molecule has 0 bridgehead atoms. The first-order chi connectivity index (χ1) is 7.47. The highest BCUT2D eigenvalue weighted by molar-refractivity contribution is 4.78. The second kappa shape index (κ2) is 10.5. The molecule has 0 radical (unpaired) electrons. The largest absolute Gasteiger partial charge is 0.300 e. The summed E-state index contributed by atoms with van der Waals surface area (Å²) in [7, 11) is 0. The van der Waals surface area contributed by atoms with Gasteiger partial charge < -0.3 is 4.90 Å². The Labute approximate surface area is 97.2 Å². The maximum Gasteiger partial charge on any atom is 0.00952 e. The van der Waals surface area contributed by atoms with Gasteiger partial charge in [-0.2, -0.15) is 0 Å². The summed E-state index contributed by atoms with van der Waals surface area (Å²) in [4.78, 5) is 2.72. The van der Waals surface area contributed by atoms with Gasteiger partial charge in [0.2, 0.25) is 0 Å². The van der Waals surface area contributed by atoms with Crippen molar-refractivity contribution in [2.24, 2.45) is 0 Å². The van der Waals surface area contributed by atoms with E-state index < -0.39 is 0 Å². The highest BCUT2D eigenvalue weighted by atomic mass is 15.2. The van der Waals surface area contributed by atoms with E-state index in [-0.39, 0.29) is 0 Å². The van der Waals surface area contributed by atoms with Gasteiger partial charge in [-0.3, -0.25) is 0 Å². The molecule has 1 aliphatic carbocycles. The summed E-state index contributed by atoms with van der Waals surface area (Å²) < 4.78 is 0. The molecule has 0 unspecified atom stereocenters. The van der Waals surface area contributed by atoms with Crippen LogP contribution in [-0.4, -0.2) is 24.0 Å². The van der Waals surface area contributed by atoms with Crippen LogP contribution in [0.5, 0.6) is 0 Å². The van der Waals surface area contributed by atoms with E-state index in [0.29, 0.717) is 0 Å². The van der Waals surface area contributed by atoms with E-state index in [0.717, 1.165) is 6.04 Å². The third kappa shape index (κ3) is 5.55. The van der Waals surface area contributed by atoms with Gasteiger partial charge in [-0.25, -0.2) is 0 Å². The molecule has 1 heterocycles. The van der Waals surface area contributed by atoms with Crippen LogP contribution >= 0.6 is 0 Å². The zero-order valence-electron chi connectivity index (χ0n) is 11.4. The molecule has 0 aromatic heterocycles. The minimum absolute atomic E-state index is 0.978. The molecule has 1 heteroatoms. The Bertz CT molecular complexity index is 111. The minimum atomic E-state index is 0.978. The maximum absolute atomic E-state index is 2.72. The summed E-state index contributed by atoms with van der Waals surface area (Å²) in [5.41, 5.74) is 0. The fourth-order valence-corrected chi connectivity index (χ4v) is 2.55. The first-order valence-corrected chi connectivity index (χ1v) is 7.21. The quantitative estimate of drug-likeness (QED) is 0.621. The van der Waals surface area contributed by atoms with Crippen LogP contribution in [-0.2, 0) is 0 Å². The van der Waals surface area contributed by atoms with Gasteiger partial charge in [0.15, 0.2) is 0 Å². The van der Waals surface area contributed by atoms with Gasteiger partial charge in [0, 0.05) is 6.04 Å². The second-order valence-electron chi connectivity index (χ2n) is 4.03. The van der Waals surface area contributed by atoms with E-state index in [1.807, 2.05) is 27.7 Å². The summed E-state index contributed by atoms with van der Waals surface area (Å²) in [5.74, 6) is 0. The molecule has 0 aromatic carbocycles. The third-order valence-electron chi connectivity index (χ3n) is 3.23. The van der Waals surface area contributed by atoms with Crippen LogP contribution in [0.2, 0.25) is 0 Å². The lowest BCUT2D eigenvalue weighted by atomic mass is 9.94. The van der Waals surface area contributed by atoms with E-state index in [9.17, 15) is 0 Å². The number of hydrogen-bond acceptors (Lipinski definition) is 1. The summed E-state index contributed by atoms with van der Waals surface area (Å²) >= 11 is 0. The fraction of sp³-hybridized carbons (Fsp3) is 1.00. The van der Waals surface area contributed by atoms with Crippen LogP contribution in [0.4, 0.5) is 0 Å².